The smallest absolute Gasteiger partial charge is 0.306 e. The van der Waals surface area contributed by atoms with Crippen molar-refractivity contribution in [3.05, 3.63) is 60.8 Å². The lowest BCUT2D eigenvalue weighted by molar-refractivity contribution is -0.870. The van der Waals surface area contributed by atoms with Gasteiger partial charge in [-0.05, 0) is 70.3 Å². The highest BCUT2D eigenvalue weighted by Gasteiger charge is 2.27. The Morgan fingerprint density at radius 3 is 1.44 bits per heavy atom. The molecule has 1 amide bonds. The second kappa shape index (κ2) is 46.4. The van der Waals surface area contributed by atoms with Gasteiger partial charge < -0.3 is 28.5 Å². The van der Waals surface area contributed by atoms with Gasteiger partial charge in [0, 0.05) is 12.8 Å². The summed E-state index contributed by atoms with van der Waals surface area (Å²) in [6.07, 6.45) is 56.2. The standard InChI is InChI=1S/C56H103N2O7P/c1-7-10-13-16-19-22-25-27-28-29-30-31-34-36-39-42-45-48-55(59)57-53(52-64-66(61,62)63-51-50-58(4,5)6)54(47-44-41-38-35-33-26-23-20-17-14-11-8-2)65-56(60)49-46-43-40-37-32-24-21-18-15-12-9-3/h19,22,27-28,30-31,36,39,44,47,53-54H,7-18,20-21,23-26,29,32-35,37-38,40-43,45-46,48-52H2,1-6H3,(H-,57,59,61,62)/b22-19-,28-27-,31-30-,39-36-,47-44-. The zero-order chi connectivity index (χ0) is 48.7. The van der Waals surface area contributed by atoms with Gasteiger partial charge in [-0.2, -0.15) is 0 Å². The summed E-state index contributed by atoms with van der Waals surface area (Å²) in [6, 6.07) is -0.913. The van der Waals surface area contributed by atoms with Crippen LogP contribution >= 0.6 is 7.82 Å². The summed E-state index contributed by atoms with van der Waals surface area (Å²) in [5, 5.41) is 2.98. The van der Waals surface area contributed by atoms with Gasteiger partial charge in [0.25, 0.3) is 7.82 Å². The summed E-state index contributed by atoms with van der Waals surface area (Å²) in [7, 11) is 1.15. The molecule has 0 aromatic carbocycles. The summed E-state index contributed by atoms with van der Waals surface area (Å²) in [6.45, 7) is 6.75. The molecule has 0 heterocycles. The molecule has 0 fully saturated rings. The first kappa shape index (κ1) is 63.7. The number of phosphoric ester groups is 1. The molecule has 0 radical (unpaired) electrons. The van der Waals surface area contributed by atoms with E-state index >= 15 is 0 Å². The van der Waals surface area contributed by atoms with Crippen LogP contribution in [0.3, 0.4) is 0 Å². The molecule has 0 aromatic heterocycles. The molecule has 10 heteroatoms. The Morgan fingerprint density at radius 2 is 0.939 bits per heavy atom. The highest BCUT2D eigenvalue weighted by atomic mass is 31.2. The van der Waals surface area contributed by atoms with Crippen LogP contribution in [-0.4, -0.2) is 69.4 Å². The van der Waals surface area contributed by atoms with E-state index in [1.165, 1.54) is 128 Å². The number of esters is 1. The number of nitrogens with one attached hydrogen (secondary N) is 1. The summed E-state index contributed by atoms with van der Waals surface area (Å²) in [5.74, 6) is -0.607. The minimum absolute atomic E-state index is 0.0328. The van der Waals surface area contributed by atoms with Gasteiger partial charge in [-0.15, -0.1) is 0 Å². The van der Waals surface area contributed by atoms with Crippen molar-refractivity contribution in [1.82, 2.24) is 5.32 Å². The van der Waals surface area contributed by atoms with E-state index in [2.05, 4.69) is 74.7 Å². The first-order valence-electron chi connectivity index (χ1n) is 27.1. The maximum absolute atomic E-state index is 13.4. The normalized spacial score (nSPS) is 14.3. The number of quaternary nitrogens is 1. The molecule has 9 nitrogen and oxygen atoms in total. The molecular weight excluding hydrogens is 844 g/mol. The Bertz CT molecular complexity index is 1320. The predicted octanol–water partition coefficient (Wildman–Crippen LogP) is 15.3. The number of rotatable bonds is 48. The molecular formula is C56H103N2O7P. The lowest BCUT2D eigenvalue weighted by atomic mass is 10.0. The Morgan fingerprint density at radius 1 is 0.530 bits per heavy atom. The number of hydrogen-bond donors (Lipinski definition) is 1. The van der Waals surface area contributed by atoms with Crippen LogP contribution in [0.5, 0.6) is 0 Å². The van der Waals surface area contributed by atoms with Crippen LogP contribution in [0.2, 0.25) is 0 Å². The molecule has 0 aliphatic heterocycles. The molecule has 0 aromatic rings. The van der Waals surface area contributed by atoms with Crippen molar-refractivity contribution in [3.63, 3.8) is 0 Å². The van der Waals surface area contributed by atoms with Crippen LogP contribution in [0, 0.1) is 0 Å². The first-order valence-corrected chi connectivity index (χ1v) is 28.6. The molecule has 0 aliphatic rings. The zero-order valence-electron chi connectivity index (χ0n) is 43.6. The number of amides is 1. The van der Waals surface area contributed by atoms with Crippen molar-refractivity contribution in [1.29, 1.82) is 0 Å². The second-order valence-corrected chi connectivity index (χ2v) is 20.8. The fraction of sp³-hybridized carbons (Fsp3) is 0.786. The Labute approximate surface area is 407 Å². The number of hydrogen-bond acceptors (Lipinski definition) is 7. The third-order valence-electron chi connectivity index (χ3n) is 11.7. The Kier molecular flexibility index (Phi) is 44.8. The summed E-state index contributed by atoms with van der Waals surface area (Å²) >= 11 is 0. The molecule has 3 atom stereocenters. The van der Waals surface area contributed by atoms with Crippen LogP contribution < -0.4 is 10.2 Å². The van der Waals surface area contributed by atoms with E-state index in [1.807, 2.05) is 33.3 Å². The van der Waals surface area contributed by atoms with Crippen LogP contribution in [0.15, 0.2) is 60.8 Å². The number of nitrogens with zero attached hydrogens (tertiary/aromatic N) is 1. The number of carbonyl (C=O) groups is 2. The van der Waals surface area contributed by atoms with Gasteiger partial charge in [0.05, 0.1) is 33.8 Å². The summed E-state index contributed by atoms with van der Waals surface area (Å²) in [5.41, 5.74) is 0. The number of allylic oxidation sites excluding steroid dienone is 9. The molecule has 0 rings (SSSR count). The third kappa shape index (κ3) is 46.8. The lowest BCUT2D eigenvalue weighted by Gasteiger charge is -2.30. The van der Waals surface area contributed by atoms with E-state index in [0.29, 0.717) is 17.4 Å². The van der Waals surface area contributed by atoms with Crippen molar-refractivity contribution in [2.24, 2.45) is 0 Å². The van der Waals surface area contributed by atoms with E-state index in [0.717, 1.165) is 64.2 Å². The van der Waals surface area contributed by atoms with E-state index in [9.17, 15) is 19.0 Å². The molecule has 0 aliphatic carbocycles. The van der Waals surface area contributed by atoms with Crippen LogP contribution in [0.25, 0.3) is 0 Å². The van der Waals surface area contributed by atoms with Crippen molar-refractivity contribution in [3.8, 4) is 0 Å². The van der Waals surface area contributed by atoms with E-state index in [4.69, 9.17) is 13.8 Å². The summed E-state index contributed by atoms with van der Waals surface area (Å²) in [4.78, 5) is 39.7. The van der Waals surface area contributed by atoms with Gasteiger partial charge in [0.2, 0.25) is 5.91 Å². The van der Waals surface area contributed by atoms with Crippen molar-refractivity contribution < 1.29 is 37.3 Å². The minimum Gasteiger partial charge on any atom is -0.756 e. The Balaban J connectivity index is 5.48. The molecule has 66 heavy (non-hydrogen) atoms. The van der Waals surface area contributed by atoms with Crippen molar-refractivity contribution in [2.45, 2.75) is 245 Å². The molecule has 384 valence electrons. The average molecular weight is 947 g/mol. The van der Waals surface area contributed by atoms with Crippen LogP contribution in [0.4, 0.5) is 0 Å². The SMILES string of the molecule is CCCCC/C=C\C/C=C\C/C=C\C/C=C\CCCC(=O)NC(COP(=O)([O-])OCC[N+](C)(C)C)C(/C=C\CCCCCCCCCCCC)OC(=O)CCCCCCCCCCCCC. The van der Waals surface area contributed by atoms with Crippen molar-refractivity contribution >= 4 is 19.7 Å². The van der Waals surface area contributed by atoms with E-state index < -0.39 is 26.6 Å². The van der Waals surface area contributed by atoms with Gasteiger partial charge in [-0.25, -0.2) is 0 Å². The van der Waals surface area contributed by atoms with Crippen LogP contribution in [-0.2, 0) is 27.9 Å². The third-order valence-corrected chi connectivity index (χ3v) is 12.7. The maximum Gasteiger partial charge on any atom is 0.306 e. The van der Waals surface area contributed by atoms with E-state index in [1.54, 1.807) is 0 Å². The van der Waals surface area contributed by atoms with Gasteiger partial charge in [0.15, 0.2) is 0 Å². The van der Waals surface area contributed by atoms with Gasteiger partial charge >= 0.3 is 5.97 Å². The predicted molar refractivity (Wildman–Crippen MR) is 279 cm³/mol. The zero-order valence-corrected chi connectivity index (χ0v) is 44.5. The van der Waals surface area contributed by atoms with E-state index in [-0.39, 0.29) is 31.3 Å². The monoisotopic (exact) mass is 947 g/mol. The van der Waals surface area contributed by atoms with Crippen molar-refractivity contribution in [2.75, 3.05) is 40.9 Å². The molecule has 0 saturated heterocycles. The first-order chi connectivity index (χ1) is 31.9. The maximum atomic E-state index is 13.4. The highest BCUT2D eigenvalue weighted by Crippen LogP contribution is 2.38. The van der Waals surface area contributed by atoms with Gasteiger partial charge in [0.1, 0.15) is 19.3 Å². The minimum atomic E-state index is -4.70. The molecule has 0 spiro atoms. The summed E-state index contributed by atoms with van der Waals surface area (Å²) < 4.78 is 30.1. The fourth-order valence-electron chi connectivity index (χ4n) is 7.45. The number of likely N-dealkylation sites (N-methyl/N-ethyl adjacent to an activating group) is 1. The number of unbranched alkanes of at least 4 members (excludes halogenated alkanes) is 24. The molecule has 3 unspecified atom stereocenters. The number of phosphoric acid groups is 1. The van der Waals surface area contributed by atoms with Crippen LogP contribution in [0.1, 0.15) is 233 Å². The highest BCUT2D eigenvalue weighted by molar-refractivity contribution is 7.45. The molecule has 1 N–H and O–H groups in total. The molecule has 0 saturated carbocycles. The largest absolute Gasteiger partial charge is 0.756 e. The number of carbonyl (C=O) groups excluding carboxylic acids is 2. The second-order valence-electron chi connectivity index (χ2n) is 19.4. The average Bonchev–Trinajstić information content (AvgIpc) is 3.27. The topological polar surface area (TPSA) is 114 Å². The lowest BCUT2D eigenvalue weighted by Crippen LogP contribution is -2.47. The number of ether oxygens (including phenoxy) is 1. The Hall–Kier alpha value is -2.29. The quantitative estimate of drug-likeness (QED) is 0.0212. The van der Waals surface area contributed by atoms with Gasteiger partial charge in [-0.1, -0.05) is 210 Å². The molecule has 0 bridgehead atoms. The van der Waals surface area contributed by atoms with Gasteiger partial charge in [-0.3, -0.25) is 14.2 Å². The fourth-order valence-corrected chi connectivity index (χ4v) is 8.18.